The summed E-state index contributed by atoms with van der Waals surface area (Å²) in [6, 6.07) is 8.67. The Morgan fingerprint density at radius 2 is 2.00 bits per heavy atom. The minimum absolute atomic E-state index is 0.629. The topological polar surface area (TPSA) is 40.1 Å². The SMILES string of the molecule is CCNC(=NCCc1ccc(Cl)cc1)N1CCC(N2CCOCC2)C1. The minimum Gasteiger partial charge on any atom is -0.379 e. The van der Waals surface area contributed by atoms with E-state index in [9.17, 15) is 0 Å². The van der Waals surface area contributed by atoms with Gasteiger partial charge >= 0.3 is 0 Å². The van der Waals surface area contributed by atoms with Gasteiger partial charge in [0, 0.05) is 50.3 Å². The van der Waals surface area contributed by atoms with Crippen molar-refractivity contribution in [1.29, 1.82) is 0 Å². The molecule has 0 amide bonds. The maximum Gasteiger partial charge on any atom is 0.193 e. The number of likely N-dealkylation sites (tertiary alicyclic amines) is 1. The van der Waals surface area contributed by atoms with E-state index in [2.05, 4.69) is 34.2 Å². The van der Waals surface area contributed by atoms with Crippen molar-refractivity contribution in [2.45, 2.75) is 25.8 Å². The Kier molecular flexibility index (Phi) is 6.96. The van der Waals surface area contributed by atoms with Crippen LogP contribution in [0.3, 0.4) is 0 Å². The van der Waals surface area contributed by atoms with E-state index in [4.69, 9.17) is 21.3 Å². The molecule has 2 saturated heterocycles. The first kappa shape index (κ1) is 18.5. The maximum atomic E-state index is 5.95. The van der Waals surface area contributed by atoms with Crippen LogP contribution in [0.15, 0.2) is 29.3 Å². The fourth-order valence-electron chi connectivity index (χ4n) is 3.54. The van der Waals surface area contributed by atoms with Crippen molar-refractivity contribution in [2.75, 3.05) is 52.5 Å². The van der Waals surface area contributed by atoms with Crippen molar-refractivity contribution in [3.05, 3.63) is 34.9 Å². The molecule has 6 heteroatoms. The van der Waals surface area contributed by atoms with Crippen LogP contribution in [-0.2, 0) is 11.2 Å². The summed E-state index contributed by atoms with van der Waals surface area (Å²) in [5, 5.41) is 4.24. The van der Waals surface area contributed by atoms with Gasteiger partial charge in [-0.15, -0.1) is 0 Å². The van der Waals surface area contributed by atoms with E-state index < -0.39 is 0 Å². The molecule has 0 aromatic heterocycles. The molecule has 138 valence electrons. The Bertz CT molecular complexity index is 557. The Hall–Kier alpha value is -1.30. The van der Waals surface area contributed by atoms with E-state index in [1.807, 2.05) is 12.1 Å². The van der Waals surface area contributed by atoms with Crippen molar-refractivity contribution >= 4 is 17.6 Å². The van der Waals surface area contributed by atoms with Gasteiger partial charge in [0.25, 0.3) is 0 Å². The van der Waals surface area contributed by atoms with E-state index in [1.165, 1.54) is 12.0 Å². The molecule has 1 aromatic rings. The monoisotopic (exact) mass is 364 g/mol. The first-order valence-electron chi connectivity index (χ1n) is 9.35. The molecule has 2 aliphatic heterocycles. The summed E-state index contributed by atoms with van der Waals surface area (Å²) in [7, 11) is 0. The average molecular weight is 365 g/mol. The normalized spacial score (nSPS) is 22.4. The molecule has 0 bridgehead atoms. The number of hydrogen-bond acceptors (Lipinski definition) is 3. The number of nitrogens with zero attached hydrogens (tertiary/aromatic N) is 3. The molecule has 0 aliphatic carbocycles. The third-order valence-corrected chi connectivity index (χ3v) is 5.19. The smallest absolute Gasteiger partial charge is 0.193 e. The predicted octanol–water partition coefficient (Wildman–Crippen LogP) is 2.25. The van der Waals surface area contributed by atoms with Crippen molar-refractivity contribution in [3.63, 3.8) is 0 Å². The summed E-state index contributed by atoms with van der Waals surface area (Å²) in [4.78, 5) is 9.83. The Morgan fingerprint density at radius 3 is 2.72 bits per heavy atom. The van der Waals surface area contributed by atoms with Gasteiger partial charge in [-0.3, -0.25) is 9.89 Å². The van der Waals surface area contributed by atoms with Gasteiger partial charge in [-0.1, -0.05) is 23.7 Å². The van der Waals surface area contributed by atoms with Gasteiger partial charge in [-0.05, 0) is 37.5 Å². The Labute approximate surface area is 156 Å². The molecule has 3 rings (SSSR count). The third-order valence-electron chi connectivity index (χ3n) is 4.94. The second kappa shape index (κ2) is 9.41. The van der Waals surface area contributed by atoms with Crippen molar-refractivity contribution in [3.8, 4) is 0 Å². The number of benzene rings is 1. The number of aliphatic imine (C=N–C) groups is 1. The molecule has 1 aromatic carbocycles. The lowest BCUT2D eigenvalue weighted by Crippen LogP contribution is -2.46. The van der Waals surface area contributed by atoms with Gasteiger partial charge in [0.15, 0.2) is 5.96 Å². The van der Waals surface area contributed by atoms with Crippen LogP contribution in [0.5, 0.6) is 0 Å². The summed E-state index contributed by atoms with van der Waals surface area (Å²) in [6.45, 7) is 9.82. The number of ether oxygens (including phenoxy) is 1. The molecule has 0 spiro atoms. The molecule has 2 heterocycles. The van der Waals surface area contributed by atoms with Gasteiger partial charge in [0.2, 0.25) is 0 Å². The zero-order valence-corrected chi connectivity index (χ0v) is 15.8. The lowest BCUT2D eigenvalue weighted by Gasteiger charge is -2.32. The van der Waals surface area contributed by atoms with Crippen LogP contribution in [0.25, 0.3) is 0 Å². The lowest BCUT2D eigenvalue weighted by molar-refractivity contribution is 0.0195. The summed E-state index contributed by atoms with van der Waals surface area (Å²) >= 11 is 5.95. The van der Waals surface area contributed by atoms with Crippen molar-refractivity contribution in [1.82, 2.24) is 15.1 Å². The largest absolute Gasteiger partial charge is 0.379 e. The van der Waals surface area contributed by atoms with Crippen LogP contribution in [0.1, 0.15) is 18.9 Å². The molecule has 25 heavy (non-hydrogen) atoms. The van der Waals surface area contributed by atoms with E-state index in [1.54, 1.807) is 0 Å². The molecule has 1 N–H and O–H groups in total. The molecule has 5 nitrogen and oxygen atoms in total. The van der Waals surface area contributed by atoms with Crippen molar-refractivity contribution < 1.29 is 4.74 Å². The molecule has 1 unspecified atom stereocenters. The highest BCUT2D eigenvalue weighted by atomic mass is 35.5. The fourth-order valence-corrected chi connectivity index (χ4v) is 3.67. The maximum absolute atomic E-state index is 5.95. The fraction of sp³-hybridized carbons (Fsp3) is 0.632. The zero-order valence-electron chi connectivity index (χ0n) is 15.1. The summed E-state index contributed by atoms with van der Waals surface area (Å²) in [6.07, 6.45) is 2.15. The quantitative estimate of drug-likeness (QED) is 0.642. The summed E-state index contributed by atoms with van der Waals surface area (Å²) < 4.78 is 5.48. The van der Waals surface area contributed by atoms with Gasteiger partial charge in [-0.2, -0.15) is 0 Å². The van der Waals surface area contributed by atoms with Gasteiger partial charge in [-0.25, -0.2) is 0 Å². The van der Waals surface area contributed by atoms with Crippen LogP contribution in [-0.4, -0.2) is 74.3 Å². The number of rotatable bonds is 5. The minimum atomic E-state index is 0.629. The van der Waals surface area contributed by atoms with Gasteiger partial charge < -0.3 is 15.0 Å². The number of guanidine groups is 1. The summed E-state index contributed by atoms with van der Waals surface area (Å²) in [5.41, 5.74) is 1.27. The standard InChI is InChI=1S/C19H29ClN4O/c1-2-21-19(22-9-7-16-3-5-17(20)6-4-16)24-10-8-18(15-24)23-11-13-25-14-12-23/h3-6,18H,2,7-15H2,1H3,(H,21,22). The molecule has 0 saturated carbocycles. The van der Waals surface area contributed by atoms with E-state index in [0.717, 1.165) is 69.9 Å². The first-order chi connectivity index (χ1) is 12.3. The number of halogens is 1. The molecule has 2 aliphatic rings. The molecule has 0 radical (unpaired) electrons. The molecule has 2 fully saturated rings. The second-order valence-corrected chi connectivity index (χ2v) is 7.09. The van der Waals surface area contributed by atoms with E-state index >= 15 is 0 Å². The van der Waals surface area contributed by atoms with Crippen LogP contribution in [0, 0.1) is 0 Å². The van der Waals surface area contributed by atoms with Crippen molar-refractivity contribution in [2.24, 2.45) is 4.99 Å². The molecular weight excluding hydrogens is 336 g/mol. The highest BCUT2D eigenvalue weighted by Gasteiger charge is 2.30. The molecule has 1 atom stereocenters. The van der Waals surface area contributed by atoms with Crippen LogP contribution >= 0.6 is 11.6 Å². The Morgan fingerprint density at radius 1 is 1.24 bits per heavy atom. The highest BCUT2D eigenvalue weighted by Crippen LogP contribution is 2.17. The number of nitrogens with one attached hydrogen (secondary N) is 1. The third kappa shape index (κ3) is 5.33. The average Bonchev–Trinajstić information content (AvgIpc) is 3.13. The molecular formula is C19H29ClN4O. The van der Waals surface area contributed by atoms with E-state index in [0.29, 0.717) is 6.04 Å². The second-order valence-electron chi connectivity index (χ2n) is 6.65. The van der Waals surface area contributed by atoms with Gasteiger partial charge in [0.05, 0.1) is 13.2 Å². The van der Waals surface area contributed by atoms with E-state index in [-0.39, 0.29) is 0 Å². The predicted molar refractivity (Wildman–Crippen MR) is 104 cm³/mol. The number of morpholine rings is 1. The lowest BCUT2D eigenvalue weighted by atomic mass is 10.1. The number of hydrogen-bond donors (Lipinski definition) is 1. The van der Waals surface area contributed by atoms with Crippen LogP contribution < -0.4 is 5.32 Å². The highest BCUT2D eigenvalue weighted by molar-refractivity contribution is 6.30. The first-order valence-corrected chi connectivity index (χ1v) is 9.73. The Balaban J connectivity index is 1.53. The van der Waals surface area contributed by atoms with Crippen LogP contribution in [0.4, 0.5) is 0 Å². The summed E-state index contributed by atoms with van der Waals surface area (Å²) in [5.74, 6) is 1.05. The van der Waals surface area contributed by atoms with Crippen LogP contribution in [0.2, 0.25) is 5.02 Å². The zero-order chi connectivity index (χ0) is 17.5. The van der Waals surface area contributed by atoms with Gasteiger partial charge in [0.1, 0.15) is 0 Å².